The predicted molar refractivity (Wildman–Crippen MR) is 60.8 cm³/mol. The van der Waals surface area contributed by atoms with E-state index >= 15 is 0 Å². The Morgan fingerprint density at radius 3 is 2.60 bits per heavy atom. The molecule has 0 spiro atoms. The Bertz CT molecular complexity index is 454. The van der Waals surface area contributed by atoms with Gasteiger partial charge in [-0.2, -0.15) is 0 Å². The van der Waals surface area contributed by atoms with E-state index in [9.17, 15) is 0 Å². The highest BCUT2D eigenvalue weighted by atomic mass is 16.3. The van der Waals surface area contributed by atoms with Gasteiger partial charge in [-0.3, -0.25) is 0 Å². The van der Waals surface area contributed by atoms with Crippen LogP contribution >= 0.6 is 0 Å². The molecule has 0 aliphatic heterocycles. The van der Waals surface area contributed by atoms with Gasteiger partial charge >= 0.3 is 0 Å². The molecule has 1 heterocycles. The predicted octanol–water partition coefficient (Wildman–Crippen LogP) is 3.83. The van der Waals surface area contributed by atoms with E-state index in [1.165, 1.54) is 42.4 Å². The topological polar surface area (TPSA) is 13.1 Å². The lowest BCUT2D eigenvalue weighted by atomic mass is 9.90. The first-order valence-corrected chi connectivity index (χ1v) is 5.59. The molecule has 15 heavy (non-hydrogen) atoms. The Morgan fingerprint density at radius 2 is 1.80 bits per heavy atom. The fourth-order valence-corrected chi connectivity index (χ4v) is 2.33. The van der Waals surface area contributed by atoms with Crippen molar-refractivity contribution >= 4 is 0 Å². The first kappa shape index (κ1) is 8.78. The smallest absolute Gasteiger partial charge is 0.133 e. The number of hydrogen-bond donors (Lipinski definition) is 0. The fraction of sp³-hybridized carbons (Fsp3) is 0.286. The second-order valence-corrected chi connectivity index (χ2v) is 4.17. The first-order valence-electron chi connectivity index (χ1n) is 5.59. The molecule has 0 radical (unpaired) electrons. The van der Waals surface area contributed by atoms with Gasteiger partial charge in [0.25, 0.3) is 0 Å². The lowest BCUT2D eigenvalue weighted by Gasteiger charge is -2.15. The zero-order valence-corrected chi connectivity index (χ0v) is 8.70. The first-order chi connectivity index (χ1) is 7.43. The SMILES string of the molecule is c1coc(-c2ccc3c(c2)CCCC3)c1. The van der Waals surface area contributed by atoms with Crippen LogP contribution in [-0.2, 0) is 12.8 Å². The molecule has 0 saturated heterocycles. The second kappa shape index (κ2) is 3.58. The molecule has 3 rings (SSSR count). The van der Waals surface area contributed by atoms with Crippen molar-refractivity contribution in [1.29, 1.82) is 0 Å². The van der Waals surface area contributed by atoms with Crippen LogP contribution in [0, 0.1) is 0 Å². The third kappa shape index (κ3) is 1.58. The third-order valence-electron chi connectivity index (χ3n) is 3.15. The van der Waals surface area contributed by atoms with Crippen LogP contribution in [0.25, 0.3) is 11.3 Å². The molecule has 1 aliphatic rings. The van der Waals surface area contributed by atoms with Crippen LogP contribution in [0.5, 0.6) is 0 Å². The highest BCUT2D eigenvalue weighted by Gasteiger charge is 2.10. The van der Waals surface area contributed by atoms with E-state index in [0.717, 1.165) is 5.76 Å². The molecule has 1 nitrogen and oxygen atoms in total. The van der Waals surface area contributed by atoms with Gasteiger partial charge in [-0.15, -0.1) is 0 Å². The minimum Gasteiger partial charge on any atom is -0.464 e. The van der Waals surface area contributed by atoms with Gasteiger partial charge in [0.15, 0.2) is 0 Å². The van der Waals surface area contributed by atoms with Gasteiger partial charge in [-0.25, -0.2) is 0 Å². The summed E-state index contributed by atoms with van der Waals surface area (Å²) >= 11 is 0. The highest BCUT2D eigenvalue weighted by molar-refractivity contribution is 5.59. The van der Waals surface area contributed by atoms with Crippen molar-refractivity contribution in [2.45, 2.75) is 25.7 Å². The zero-order valence-electron chi connectivity index (χ0n) is 8.70. The molecule has 0 amide bonds. The summed E-state index contributed by atoms with van der Waals surface area (Å²) < 4.78 is 5.41. The van der Waals surface area contributed by atoms with Crippen LogP contribution in [0.1, 0.15) is 24.0 Å². The van der Waals surface area contributed by atoms with Crippen molar-refractivity contribution in [3.63, 3.8) is 0 Å². The fourth-order valence-electron chi connectivity index (χ4n) is 2.33. The summed E-state index contributed by atoms with van der Waals surface area (Å²) in [5.41, 5.74) is 4.24. The number of hydrogen-bond acceptors (Lipinski definition) is 1. The average Bonchev–Trinajstić information content (AvgIpc) is 2.82. The molecule has 0 bridgehead atoms. The summed E-state index contributed by atoms with van der Waals surface area (Å²) in [7, 11) is 0. The number of furan rings is 1. The number of benzene rings is 1. The lowest BCUT2D eigenvalue weighted by molar-refractivity contribution is 0.582. The Labute approximate surface area is 89.7 Å². The summed E-state index contributed by atoms with van der Waals surface area (Å²) in [6.07, 6.45) is 6.87. The van der Waals surface area contributed by atoms with Crippen molar-refractivity contribution in [2.24, 2.45) is 0 Å². The maximum absolute atomic E-state index is 5.41. The molecule has 1 aliphatic carbocycles. The molecular formula is C14H14O. The quantitative estimate of drug-likeness (QED) is 0.678. The normalized spacial score (nSPS) is 14.9. The van der Waals surface area contributed by atoms with E-state index in [4.69, 9.17) is 4.42 Å². The summed E-state index contributed by atoms with van der Waals surface area (Å²) in [5, 5.41) is 0. The minimum atomic E-state index is 0.975. The molecule has 0 saturated carbocycles. The van der Waals surface area contributed by atoms with E-state index < -0.39 is 0 Å². The molecule has 1 aromatic heterocycles. The molecule has 76 valence electrons. The Kier molecular flexibility index (Phi) is 2.09. The number of aryl methyl sites for hydroxylation is 2. The number of fused-ring (bicyclic) bond motifs is 1. The monoisotopic (exact) mass is 198 g/mol. The minimum absolute atomic E-state index is 0.975. The maximum atomic E-state index is 5.41. The van der Waals surface area contributed by atoms with Gasteiger partial charge in [0, 0.05) is 5.56 Å². The standard InChI is InChI=1S/C14H14O/c1-2-5-12-10-13(8-7-11(12)4-1)14-6-3-9-15-14/h3,6-10H,1-2,4-5H2. The van der Waals surface area contributed by atoms with Gasteiger partial charge in [0.1, 0.15) is 5.76 Å². The van der Waals surface area contributed by atoms with Gasteiger partial charge < -0.3 is 4.42 Å². The Hall–Kier alpha value is -1.50. The second-order valence-electron chi connectivity index (χ2n) is 4.17. The zero-order chi connectivity index (χ0) is 10.1. The van der Waals surface area contributed by atoms with E-state index in [1.54, 1.807) is 6.26 Å². The van der Waals surface area contributed by atoms with E-state index in [1.807, 2.05) is 12.1 Å². The molecule has 0 N–H and O–H groups in total. The molecule has 0 unspecified atom stereocenters. The summed E-state index contributed by atoms with van der Waals surface area (Å²) in [4.78, 5) is 0. The lowest BCUT2D eigenvalue weighted by Crippen LogP contribution is -2.01. The van der Waals surface area contributed by atoms with Gasteiger partial charge in [0.05, 0.1) is 6.26 Å². The summed E-state index contributed by atoms with van der Waals surface area (Å²) in [6, 6.07) is 10.7. The van der Waals surface area contributed by atoms with Crippen molar-refractivity contribution in [3.05, 3.63) is 47.7 Å². The highest BCUT2D eigenvalue weighted by Crippen LogP contribution is 2.27. The van der Waals surface area contributed by atoms with E-state index in [-0.39, 0.29) is 0 Å². The Morgan fingerprint density at radius 1 is 0.933 bits per heavy atom. The third-order valence-corrected chi connectivity index (χ3v) is 3.15. The van der Waals surface area contributed by atoms with Crippen LogP contribution < -0.4 is 0 Å². The largest absolute Gasteiger partial charge is 0.464 e. The maximum Gasteiger partial charge on any atom is 0.133 e. The van der Waals surface area contributed by atoms with Gasteiger partial charge in [0.2, 0.25) is 0 Å². The van der Waals surface area contributed by atoms with Gasteiger partial charge in [-0.05, 0) is 55.0 Å². The summed E-state index contributed by atoms with van der Waals surface area (Å²) in [6.45, 7) is 0. The van der Waals surface area contributed by atoms with Crippen LogP contribution in [0.3, 0.4) is 0 Å². The molecule has 1 aromatic carbocycles. The molecule has 1 heteroatoms. The number of rotatable bonds is 1. The van der Waals surface area contributed by atoms with E-state index in [0.29, 0.717) is 0 Å². The van der Waals surface area contributed by atoms with Crippen molar-refractivity contribution < 1.29 is 4.42 Å². The van der Waals surface area contributed by atoms with Crippen LogP contribution in [-0.4, -0.2) is 0 Å². The van der Waals surface area contributed by atoms with Crippen LogP contribution in [0.15, 0.2) is 41.0 Å². The van der Waals surface area contributed by atoms with Crippen LogP contribution in [0.4, 0.5) is 0 Å². The Balaban J connectivity index is 2.04. The van der Waals surface area contributed by atoms with Crippen molar-refractivity contribution in [2.75, 3.05) is 0 Å². The van der Waals surface area contributed by atoms with Crippen molar-refractivity contribution in [3.8, 4) is 11.3 Å². The molecule has 0 atom stereocenters. The molecule has 0 fully saturated rings. The molecular weight excluding hydrogens is 184 g/mol. The van der Waals surface area contributed by atoms with E-state index in [2.05, 4.69) is 18.2 Å². The summed E-state index contributed by atoms with van der Waals surface area (Å²) in [5.74, 6) is 0.975. The van der Waals surface area contributed by atoms with Crippen molar-refractivity contribution in [1.82, 2.24) is 0 Å². The van der Waals surface area contributed by atoms with Gasteiger partial charge in [-0.1, -0.05) is 12.1 Å². The molecule has 2 aromatic rings. The average molecular weight is 198 g/mol. The van der Waals surface area contributed by atoms with Crippen LogP contribution in [0.2, 0.25) is 0 Å².